The van der Waals surface area contributed by atoms with Crippen molar-refractivity contribution in [2.24, 2.45) is 0 Å². The molecule has 1 saturated heterocycles. The molecule has 21 heavy (non-hydrogen) atoms. The summed E-state index contributed by atoms with van der Waals surface area (Å²) in [7, 11) is -4.35. The van der Waals surface area contributed by atoms with Crippen LogP contribution in [0.3, 0.4) is 0 Å². The van der Waals surface area contributed by atoms with Gasteiger partial charge in [0.05, 0.1) is 0 Å². The highest BCUT2D eigenvalue weighted by molar-refractivity contribution is 7.89. The first kappa shape index (κ1) is 16.4. The summed E-state index contributed by atoms with van der Waals surface area (Å²) in [5, 5.41) is 3.10. The van der Waals surface area contributed by atoms with Gasteiger partial charge in [-0.15, -0.1) is 0 Å². The highest BCUT2D eigenvalue weighted by Gasteiger charge is 2.24. The molecule has 0 aromatic carbocycles. The molecule has 8 heteroatoms. The average molecular weight is 331 g/mol. The summed E-state index contributed by atoms with van der Waals surface area (Å²) in [6.45, 7) is 2.85. The normalized spacial score (nSPS) is 22.9. The van der Waals surface area contributed by atoms with Crippen LogP contribution in [0.25, 0.3) is 0 Å². The number of aromatic nitrogens is 1. The molecular formula is C13H21N3O3S2. The fraction of sp³-hybridized carbons (Fsp3) is 0.615. The number of pyridine rings is 1. The van der Waals surface area contributed by atoms with Crippen LogP contribution in [0.2, 0.25) is 0 Å². The molecule has 2 heterocycles. The largest absolute Gasteiger partial charge is 0.370 e. The van der Waals surface area contributed by atoms with Crippen molar-refractivity contribution in [3.8, 4) is 0 Å². The molecular weight excluding hydrogens is 310 g/mol. The van der Waals surface area contributed by atoms with E-state index in [0.29, 0.717) is 30.2 Å². The molecule has 0 radical (unpaired) electrons. The number of rotatable bonds is 6. The van der Waals surface area contributed by atoms with Crippen LogP contribution in [0.1, 0.15) is 26.2 Å². The van der Waals surface area contributed by atoms with E-state index in [2.05, 4.69) is 15.0 Å². The van der Waals surface area contributed by atoms with E-state index >= 15 is 0 Å². The first-order valence-electron chi connectivity index (χ1n) is 7.08. The van der Waals surface area contributed by atoms with Crippen molar-refractivity contribution < 1.29 is 12.6 Å². The summed E-state index contributed by atoms with van der Waals surface area (Å²) in [5.41, 5.74) is 0. The van der Waals surface area contributed by atoms with E-state index in [9.17, 15) is 12.6 Å². The van der Waals surface area contributed by atoms with Crippen molar-refractivity contribution in [2.75, 3.05) is 23.4 Å². The predicted molar refractivity (Wildman–Crippen MR) is 84.2 cm³/mol. The van der Waals surface area contributed by atoms with Crippen molar-refractivity contribution >= 4 is 26.6 Å². The number of sulfonamides is 1. The number of hydrogen-bond acceptors (Lipinski definition) is 5. The second-order valence-corrected chi connectivity index (χ2v) is 8.46. The molecule has 1 aromatic rings. The predicted octanol–water partition coefficient (Wildman–Crippen LogP) is 1.09. The number of nitrogens with zero attached hydrogens (tertiary/aromatic N) is 1. The molecule has 0 aliphatic carbocycles. The molecule has 1 aliphatic heterocycles. The Hall–Kier alpha value is -0.990. The minimum Gasteiger partial charge on any atom is -0.370 e. The number of hydrogen-bond donors (Lipinski definition) is 2. The quantitative estimate of drug-likeness (QED) is 0.815. The maximum atomic E-state index is 12.3. The first-order chi connectivity index (χ1) is 10.0. The number of anilines is 1. The van der Waals surface area contributed by atoms with Crippen molar-refractivity contribution in [1.29, 1.82) is 0 Å². The van der Waals surface area contributed by atoms with E-state index in [0.717, 1.165) is 13.0 Å². The lowest BCUT2D eigenvalue weighted by Gasteiger charge is -2.22. The van der Waals surface area contributed by atoms with E-state index in [1.54, 1.807) is 12.1 Å². The van der Waals surface area contributed by atoms with Crippen LogP contribution < -0.4 is 10.0 Å². The Kier molecular flexibility index (Phi) is 5.72. The summed E-state index contributed by atoms with van der Waals surface area (Å²) in [6, 6.07) is 3.08. The van der Waals surface area contributed by atoms with Crippen molar-refractivity contribution in [3.63, 3.8) is 0 Å². The van der Waals surface area contributed by atoms with E-state index < -0.39 is 20.8 Å². The standard InChI is InChI=1S/C13H21N3O3S2/c1-2-7-14-13-4-3-12(10-15-13)21(18,19)16-11-5-8-20(17)9-6-11/h3-4,10-11,16H,2,5-9H2,1H3,(H,14,15). The molecule has 1 aromatic heterocycles. The second-order valence-electron chi connectivity index (χ2n) is 5.05. The molecule has 0 unspecified atom stereocenters. The molecule has 0 bridgehead atoms. The average Bonchev–Trinajstić information content (AvgIpc) is 2.48. The van der Waals surface area contributed by atoms with Crippen molar-refractivity contribution in [3.05, 3.63) is 18.3 Å². The first-order valence-corrected chi connectivity index (χ1v) is 10.1. The third kappa shape index (κ3) is 4.76. The van der Waals surface area contributed by atoms with Gasteiger partial charge in [-0.25, -0.2) is 18.1 Å². The maximum absolute atomic E-state index is 12.3. The van der Waals surface area contributed by atoms with Crippen molar-refractivity contribution in [1.82, 2.24) is 9.71 Å². The van der Waals surface area contributed by atoms with Gasteiger partial charge in [-0.05, 0) is 31.4 Å². The third-order valence-corrected chi connectivity index (χ3v) is 6.20. The lowest BCUT2D eigenvalue weighted by atomic mass is 10.2. The van der Waals surface area contributed by atoms with Crippen LogP contribution in [0, 0.1) is 0 Å². The van der Waals surface area contributed by atoms with Gasteiger partial charge >= 0.3 is 0 Å². The molecule has 6 nitrogen and oxygen atoms in total. The molecule has 0 saturated carbocycles. The molecule has 0 amide bonds. The minimum absolute atomic E-state index is 0.134. The van der Waals surface area contributed by atoms with Gasteiger partial charge in [0.2, 0.25) is 10.0 Å². The van der Waals surface area contributed by atoms with Gasteiger partial charge in [0.25, 0.3) is 0 Å². The van der Waals surface area contributed by atoms with Gasteiger partial charge in [-0.1, -0.05) is 6.92 Å². The fourth-order valence-corrected chi connectivity index (χ4v) is 4.64. The lowest BCUT2D eigenvalue weighted by Crippen LogP contribution is -2.39. The Labute approximate surface area is 128 Å². The van der Waals surface area contributed by atoms with Crippen LogP contribution in [-0.4, -0.2) is 41.7 Å². The zero-order chi connectivity index (χ0) is 15.3. The third-order valence-electron chi connectivity index (χ3n) is 3.31. The molecule has 0 spiro atoms. The summed E-state index contributed by atoms with van der Waals surface area (Å²) >= 11 is 0. The van der Waals surface area contributed by atoms with Gasteiger partial charge in [-0.2, -0.15) is 0 Å². The topological polar surface area (TPSA) is 88.2 Å². The molecule has 0 atom stereocenters. The number of nitrogens with one attached hydrogen (secondary N) is 2. The van der Waals surface area contributed by atoms with Gasteiger partial charge in [0.15, 0.2) is 0 Å². The summed E-state index contributed by atoms with van der Waals surface area (Å²) in [6.07, 6.45) is 3.58. The Morgan fingerprint density at radius 3 is 2.62 bits per heavy atom. The summed E-state index contributed by atoms with van der Waals surface area (Å²) in [4.78, 5) is 4.27. The Morgan fingerprint density at radius 1 is 1.33 bits per heavy atom. The van der Waals surface area contributed by atoms with Crippen LogP contribution in [0.4, 0.5) is 5.82 Å². The molecule has 118 valence electrons. The molecule has 1 aliphatic rings. The van der Waals surface area contributed by atoms with E-state index in [1.165, 1.54) is 6.20 Å². The molecule has 2 N–H and O–H groups in total. The Bertz CT molecular complexity index is 577. The summed E-state index contributed by atoms with van der Waals surface area (Å²) in [5.74, 6) is 1.79. The Balaban J connectivity index is 2.00. The highest BCUT2D eigenvalue weighted by atomic mass is 32.2. The van der Waals surface area contributed by atoms with Crippen LogP contribution >= 0.6 is 0 Å². The van der Waals surface area contributed by atoms with Gasteiger partial charge in [0.1, 0.15) is 10.7 Å². The van der Waals surface area contributed by atoms with Gasteiger partial charge in [-0.3, -0.25) is 4.21 Å². The lowest BCUT2D eigenvalue weighted by molar-refractivity contribution is 0.521. The van der Waals surface area contributed by atoms with E-state index in [1.807, 2.05) is 6.92 Å². The smallest absolute Gasteiger partial charge is 0.242 e. The fourth-order valence-electron chi connectivity index (χ4n) is 2.10. The minimum atomic E-state index is -3.55. The van der Waals surface area contributed by atoms with Crippen LogP contribution in [-0.2, 0) is 20.8 Å². The Morgan fingerprint density at radius 2 is 2.05 bits per heavy atom. The highest BCUT2D eigenvalue weighted by Crippen LogP contribution is 2.15. The van der Waals surface area contributed by atoms with Gasteiger partial charge in [0, 0.05) is 41.1 Å². The molecule has 1 fully saturated rings. The van der Waals surface area contributed by atoms with Crippen LogP contribution in [0.15, 0.2) is 23.2 Å². The SMILES string of the molecule is CCCNc1ccc(S(=O)(=O)NC2CCS(=O)CC2)cn1. The van der Waals surface area contributed by atoms with Crippen molar-refractivity contribution in [2.45, 2.75) is 37.1 Å². The zero-order valence-corrected chi connectivity index (χ0v) is 13.7. The summed E-state index contributed by atoms with van der Waals surface area (Å²) < 4.78 is 38.5. The monoisotopic (exact) mass is 331 g/mol. The maximum Gasteiger partial charge on any atom is 0.242 e. The second kappa shape index (κ2) is 7.33. The van der Waals surface area contributed by atoms with E-state index in [-0.39, 0.29) is 10.9 Å². The molecule has 2 rings (SSSR count). The van der Waals surface area contributed by atoms with E-state index in [4.69, 9.17) is 0 Å². The van der Waals surface area contributed by atoms with Crippen LogP contribution in [0.5, 0.6) is 0 Å². The zero-order valence-electron chi connectivity index (χ0n) is 12.0. The van der Waals surface area contributed by atoms with Gasteiger partial charge < -0.3 is 5.32 Å².